The number of rotatable bonds is 10. The molecule has 0 radical (unpaired) electrons. The zero-order valence-corrected chi connectivity index (χ0v) is 19.1. The predicted molar refractivity (Wildman–Crippen MR) is 130 cm³/mol. The second-order valence-electron chi connectivity index (χ2n) is 7.92. The number of carbonyl (C=O) groups excluding carboxylic acids is 2. The minimum absolute atomic E-state index is 0.122. The van der Waals surface area contributed by atoms with E-state index >= 15 is 0 Å². The van der Waals surface area contributed by atoms with Gasteiger partial charge in [0.1, 0.15) is 12.4 Å². The van der Waals surface area contributed by atoms with Crippen LogP contribution in [0.2, 0.25) is 0 Å². The van der Waals surface area contributed by atoms with Gasteiger partial charge in [-0.15, -0.1) is 0 Å². The molecule has 34 heavy (non-hydrogen) atoms. The quantitative estimate of drug-likeness (QED) is 0.236. The highest BCUT2D eigenvalue weighted by Crippen LogP contribution is 2.24. The molecule has 0 fully saturated rings. The van der Waals surface area contributed by atoms with Crippen molar-refractivity contribution in [2.45, 2.75) is 25.9 Å². The predicted octanol–water partition coefficient (Wildman–Crippen LogP) is 5.38. The van der Waals surface area contributed by atoms with Crippen LogP contribution >= 0.6 is 0 Å². The smallest absolute Gasteiger partial charge is 0.306 e. The van der Waals surface area contributed by atoms with Crippen LogP contribution in [-0.4, -0.2) is 30.3 Å². The van der Waals surface area contributed by atoms with Crippen molar-refractivity contribution in [3.8, 4) is 5.75 Å². The Bertz CT molecular complexity index is 1250. The fourth-order valence-electron chi connectivity index (χ4n) is 3.81. The number of methoxy groups -OCH3 is 1. The molecule has 0 amide bonds. The van der Waals surface area contributed by atoms with E-state index < -0.39 is 0 Å². The summed E-state index contributed by atoms with van der Waals surface area (Å²) in [5, 5.41) is 1.01. The van der Waals surface area contributed by atoms with Crippen LogP contribution in [0.25, 0.3) is 10.9 Å². The van der Waals surface area contributed by atoms with Crippen molar-refractivity contribution in [2.75, 3.05) is 13.9 Å². The number of aryl methyl sites for hydroxylation is 1. The van der Waals surface area contributed by atoms with E-state index in [0.717, 1.165) is 22.0 Å². The number of carbonyl (C=O) groups is 2. The van der Waals surface area contributed by atoms with Crippen molar-refractivity contribution >= 4 is 22.8 Å². The van der Waals surface area contributed by atoms with Gasteiger partial charge in [0.25, 0.3) is 5.91 Å². The highest BCUT2D eigenvalue weighted by atomic mass is 16.7. The number of nitrogens with zero attached hydrogens (tertiary/aromatic N) is 1. The third-order valence-electron chi connectivity index (χ3n) is 5.53. The number of ether oxygens (including phenoxy) is 3. The first-order valence-corrected chi connectivity index (χ1v) is 11.2. The van der Waals surface area contributed by atoms with Crippen molar-refractivity contribution < 1.29 is 23.8 Å². The molecule has 0 atom stereocenters. The van der Waals surface area contributed by atoms with Gasteiger partial charge in [-0.3, -0.25) is 14.2 Å². The van der Waals surface area contributed by atoms with E-state index in [1.54, 1.807) is 35.9 Å². The Morgan fingerprint density at radius 3 is 2.38 bits per heavy atom. The van der Waals surface area contributed by atoms with E-state index in [1.165, 1.54) is 0 Å². The molecule has 1 heterocycles. The van der Waals surface area contributed by atoms with Crippen LogP contribution in [0, 0.1) is 0 Å². The lowest BCUT2D eigenvalue weighted by molar-refractivity contribution is -0.145. The molecule has 174 valence electrons. The average molecular weight is 458 g/mol. The van der Waals surface area contributed by atoms with Crippen molar-refractivity contribution in [3.05, 3.63) is 102 Å². The van der Waals surface area contributed by atoms with Gasteiger partial charge in [-0.1, -0.05) is 48.5 Å². The molecule has 4 rings (SSSR count). The standard InChI is InChI=1S/C28H27NO5/c1-32-20-34-24-16-14-22(15-17-24)28(31)29-18-23(25-11-5-6-12-26(25)29)10-7-13-27(30)33-19-21-8-3-2-4-9-21/h2-6,8-9,11-12,14-18H,7,10,13,19-20H2,1H3. The third-order valence-corrected chi connectivity index (χ3v) is 5.53. The van der Waals surface area contributed by atoms with Crippen LogP contribution in [0.1, 0.15) is 34.3 Å². The number of fused-ring (bicyclic) bond motifs is 1. The molecule has 0 saturated carbocycles. The van der Waals surface area contributed by atoms with Crippen molar-refractivity contribution in [1.29, 1.82) is 0 Å². The fraction of sp³-hybridized carbons (Fsp3) is 0.214. The van der Waals surface area contributed by atoms with Crippen molar-refractivity contribution in [3.63, 3.8) is 0 Å². The van der Waals surface area contributed by atoms with E-state index in [9.17, 15) is 9.59 Å². The average Bonchev–Trinajstić information content (AvgIpc) is 3.25. The highest BCUT2D eigenvalue weighted by Gasteiger charge is 2.16. The first kappa shape index (κ1) is 23.3. The minimum Gasteiger partial charge on any atom is -0.468 e. The first-order chi connectivity index (χ1) is 16.7. The molecule has 6 nitrogen and oxygen atoms in total. The number of hydrogen-bond acceptors (Lipinski definition) is 5. The number of aromatic nitrogens is 1. The molecule has 6 heteroatoms. The van der Waals surface area contributed by atoms with Crippen molar-refractivity contribution in [1.82, 2.24) is 4.57 Å². The second-order valence-corrected chi connectivity index (χ2v) is 7.92. The largest absolute Gasteiger partial charge is 0.468 e. The van der Waals surface area contributed by atoms with E-state index in [2.05, 4.69) is 0 Å². The van der Waals surface area contributed by atoms with E-state index in [-0.39, 0.29) is 25.3 Å². The normalized spacial score (nSPS) is 10.9. The van der Waals surface area contributed by atoms with Crippen LogP contribution in [0.15, 0.2) is 85.1 Å². The fourth-order valence-corrected chi connectivity index (χ4v) is 3.81. The van der Waals surface area contributed by atoms with Gasteiger partial charge in [0, 0.05) is 30.7 Å². The molecule has 0 bridgehead atoms. The van der Waals surface area contributed by atoms with Crippen molar-refractivity contribution in [2.24, 2.45) is 0 Å². The summed E-state index contributed by atoms with van der Waals surface area (Å²) in [4.78, 5) is 25.4. The lowest BCUT2D eigenvalue weighted by Crippen LogP contribution is -2.10. The summed E-state index contributed by atoms with van der Waals surface area (Å²) < 4.78 is 17.3. The molecule has 0 spiro atoms. The maximum atomic E-state index is 13.2. The lowest BCUT2D eigenvalue weighted by atomic mass is 10.1. The van der Waals surface area contributed by atoms with Crippen LogP contribution in [0.4, 0.5) is 0 Å². The molecule has 0 aliphatic rings. The molecule has 4 aromatic rings. The summed E-state index contributed by atoms with van der Waals surface area (Å²) >= 11 is 0. The number of benzene rings is 3. The number of esters is 1. The van der Waals surface area contributed by atoms with Gasteiger partial charge in [0.05, 0.1) is 5.52 Å². The molecule has 0 unspecified atom stereocenters. The first-order valence-electron chi connectivity index (χ1n) is 11.2. The topological polar surface area (TPSA) is 66.8 Å². The van der Waals surface area contributed by atoms with Gasteiger partial charge >= 0.3 is 5.97 Å². The van der Waals surface area contributed by atoms with Gasteiger partial charge in [0.15, 0.2) is 6.79 Å². The van der Waals surface area contributed by atoms with Gasteiger partial charge in [-0.2, -0.15) is 0 Å². The van der Waals surface area contributed by atoms with E-state index in [0.29, 0.717) is 30.6 Å². The highest BCUT2D eigenvalue weighted by molar-refractivity contribution is 6.03. The Morgan fingerprint density at radius 1 is 0.882 bits per heavy atom. The summed E-state index contributed by atoms with van der Waals surface area (Å²) in [5.41, 5.74) is 3.39. The van der Waals surface area contributed by atoms with Crippen LogP contribution < -0.4 is 4.74 Å². The summed E-state index contributed by atoms with van der Waals surface area (Å²) in [6.07, 6.45) is 3.51. The Balaban J connectivity index is 1.41. The third kappa shape index (κ3) is 5.71. The zero-order valence-electron chi connectivity index (χ0n) is 19.1. The summed E-state index contributed by atoms with van der Waals surface area (Å²) in [6, 6.07) is 24.4. The van der Waals surface area contributed by atoms with E-state index in [1.807, 2.05) is 60.8 Å². The van der Waals surface area contributed by atoms with Crippen LogP contribution in [0.3, 0.4) is 0 Å². The molecular formula is C28H27NO5. The molecular weight excluding hydrogens is 430 g/mol. The molecule has 0 aliphatic carbocycles. The molecule has 3 aromatic carbocycles. The molecule has 0 saturated heterocycles. The second kappa shape index (κ2) is 11.3. The Labute approximate surface area is 198 Å². The summed E-state index contributed by atoms with van der Waals surface area (Å²) in [5.74, 6) is 0.290. The van der Waals surface area contributed by atoms with Gasteiger partial charge in [0.2, 0.25) is 0 Å². The molecule has 0 N–H and O–H groups in total. The van der Waals surface area contributed by atoms with E-state index in [4.69, 9.17) is 14.2 Å². The summed E-state index contributed by atoms with van der Waals surface area (Å²) in [7, 11) is 1.56. The van der Waals surface area contributed by atoms with Crippen LogP contribution in [0.5, 0.6) is 5.75 Å². The monoisotopic (exact) mass is 457 g/mol. The molecule has 0 aliphatic heterocycles. The van der Waals surface area contributed by atoms with Gasteiger partial charge in [-0.05, 0) is 54.3 Å². The van der Waals surface area contributed by atoms with Gasteiger partial charge in [-0.25, -0.2) is 0 Å². The zero-order chi connectivity index (χ0) is 23.8. The number of para-hydroxylation sites is 1. The van der Waals surface area contributed by atoms with Crippen LogP contribution in [-0.2, 0) is 27.3 Å². The summed E-state index contributed by atoms with van der Waals surface area (Å²) in [6.45, 7) is 0.432. The Morgan fingerprint density at radius 2 is 1.62 bits per heavy atom. The number of hydrogen-bond donors (Lipinski definition) is 0. The molecule has 1 aromatic heterocycles. The SMILES string of the molecule is COCOc1ccc(C(=O)n2cc(CCCC(=O)OCc3ccccc3)c3ccccc32)cc1. The minimum atomic E-state index is -0.223. The maximum Gasteiger partial charge on any atom is 0.306 e. The lowest BCUT2D eigenvalue weighted by Gasteiger charge is -2.07. The Kier molecular flexibility index (Phi) is 7.73. The van der Waals surface area contributed by atoms with Gasteiger partial charge < -0.3 is 14.2 Å². The Hall–Kier alpha value is -3.90. The maximum absolute atomic E-state index is 13.2.